The van der Waals surface area contributed by atoms with Crippen LogP contribution in [0.5, 0.6) is 0 Å². The number of para-hydroxylation sites is 1. The fourth-order valence-corrected chi connectivity index (χ4v) is 2.77. The van der Waals surface area contributed by atoms with E-state index in [1.807, 2.05) is 24.3 Å². The first-order chi connectivity index (χ1) is 9.43. The van der Waals surface area contributed by atoms with E-state index in [1.54, 1.807) is 30.1 Å². The van der Waals surface area contributed by atoms with Crippen molar-refractivity contribution in [2.75, 3.05) is 11.9 Å². The van der Waals surface area contributed by atoms with Crippen LogP contribution in [0.25, 0.3) is 0 Å². The molecule has 0 aliphatic heterocycles. The minimum atomic E-state index is -3.77. The summed E-state index contributed by atoms with van der Waals surface area (Å²) in [5.74, 6) is 0. The minimum Gasteiger partial charge on any atom is -0.344 e. The summed E-state index contributed by atoms with van der Waals surface area (Å²) in [4.78, 5) is 1.87. The summed E-state index contributed by atoms with van der Waals surface area (Å²) in [5, 5.41) is 5.26. The quantitative estimate of drug-likeness (QED) is 0.894. The number of anilines is 2. The van der Waals surface area contributed by atoms with Crippen LogP contribution >= 0.6 is 0 Å². The number of sulfonamides is 1. The van der Waals surface area contributed by atoms with Crippen molar-refractivity contribution in [2.45, 2.75) is 11.4 Å². The maximum absolute atomic E-state index is 11.6. The summed E-state index contributed by atoms with van der Waals surface area (Å²) < 4.78 is 23.3. The lowest BCUT2D eigenvalue weighted by atomic mass is 10.2. The maximum atomic E-state index is 11.6. The summed E-state index contributed by atoms with van der Waals surface area (Å²) in [6.45, 7) is 0.429. The summed E-state index contributed by atoms with van der Waals surface area (Å²) in [7, 11) is -1.98. The van der Waals surface area contributed by atoms with Gasteiger partial charge in [-0.05, 0) is 29.8 Å². The molecule has 0 heterocycles. The Balaban J connectivity index is 2.51. The molecule has 0 amide bonds. The van der Waals surface area contributed by atoms with Gasteiger partial charge in [0.25, 0.3) is 0 Å². The maximum Gasteiger partial charge on any atom is 0.240 e. The molecule has 0 saturated carbocycles. The van der Waals surface area contributed by atoms with Gasteiger partial charge in [-0.1, -0.05) is 24.3 Å². The Kier molecular flexibility index (Phi) is 4.08. The molecule has 4 N–H and O–H groups in total. The van der Waals surface area contributed by atoms with Gasteiger partial charge in [0, 0.05) is 19.3 Å². The van der Waals surface area contributed by atoms with Crippen LogP contribution in [0.2, 0.25) is 0 Å². The van der Waals surface area contributed by atoms with Gasteiger partial charge in [0.05, 0.1) is 5.69 Å². The molecular formula is C14H17N3O2S. The van der Waals surface area contributed by atoms with Crippen molar-refractivity contribution in [1.82, 2.24) is 0 Å². The Labute approximate surface area is 118 Å². The molecule has 0 aromatic heterocycles. The molecular weight excluding hydrogens is 274 g/mol. The van der Waals surface area contributed by atoms with Crippen molar-refractivity contribution in [2.24, 2.45) is 10.9 Å². The molecule has 0 fully saturated rings. The van der Waals surface area contributed by atoms with Gasteiger partial charge in [0.15, 0.2) is 0 Å². The Morgan fingerprint density at radius 3 is 2.45 bits per heavy atom. The number of hydrogen-bond acceptors (Lipinski definition) is 4. The van der Waals surface area contributed by atoms with Crippen molar-refractivity contribution < 1.29 is 8.42 Å². The molecule has 106 valence electrons. The smallest absolute Gasteiger partial charge is 0.240 e. The third kappa shape index (κ3) is 2.98. The number of hydrogen-bond donors (Lipinski definition) is 2. The first kappa shape index (κ1) is 14.5. The highest BCUT2D eigenvalue weighted by molar-refractivity contribution is 7.89. The molecule has 0 saturated heterocycles. The van der Waals surface area contributed by atoms with E-state index in [4.69, 9.17) is 10.9 Å². The highest BCUT2D eigenvalue weighted by Gasteiger charge is 2.16. The van der Waals surface area contributed by atoms with E-state index in [9.17, 15) is 8.42 Å². The second-order valence-corrected chi connectivity index (χ2v) is 5.98. The Hall–Kier alpha value is -1.89. The standard InChI is InChI=1S/C14H17N3O2S/c1-17(12-6-4-5-11(9-12)10-15)13-7-2-3-8-14(13)20(16,18)19/h2-9H,10,15H2,1H3,(H2,16,18,19). The number of nitrogens with zero attached hydrogens (tertiary/aromatic N) is 1. The highest BCUT2D eigenvalue weighted by atomic mass is 32.2. The molecule has 0 bridgehead atoms. The van der Waals surface area contributed by atoms with Gasteiger partial charge in [0.1, 0.15) is 4.90 Å². The van der Waals surface area contributed by atoms with Crippen LogP contribution in [0.4, 0.5) is 11.4 Å². The van der Waals surface area contributed by atoms with Crippen LogP contribution in [0, 0.1) is 0 Å². The van der Waals surface area contributed by atoms with E-state index in [0.29, 0.717) is 12.2 Å². The molecule has 2 aromatic rings. The van der Waals surface area contributed by atoms with E-state index in [-0.39, 0.29) is 4.90 Å². The van der Waals surface area contributed by atoms with Gasteiger partial charge < -0.3 is 10.6 Å². The number of nitrogens with two attached hydrogens (primary N) is 2. The lowest BCUT2D eigenvalue weighted by Crippen LogP contribution is -2.18. The zero-order valence-corrected chi connectivity index (χ0v) is 12.0. The van der Waals surface area contributed by atoms with Crippen LogP contribution in [-0.2, 0) is 16.6 Å². The van der Waals surface area contributed by atoms with Gasteiger partial charge >= 0.3 is 0 Å². The first-order valence-corrected chi connectivity index (χ1v) is 7.62. The summed E-state index contributed by atoms with van der Waals surface area (Å²) in [6, 6.07) is 14.2. The SMILES string of the molecule is CN(c1cccc(CN)c1)c1ccccc1S(N)(=O)=O. The van der Waals surface area contributed by atoms with Gasteiger partial charge in [-0.15, -0.1) is 0 Å². The van der Waals surface area contributed by atoms with Crippen molar-refractivity contribution >= 4 is 21.4 Å². The van der Waals surface area contributed by atoms with E-state index < -0.39 is 10.0 Å². The van der Waals surface area contributed by atoms with E-state index in [0.717, 1.165) is 11.3 Å². The normalized spacial score (nSPS) is 11.3. The fourth-order valence-electron chi connectivity index (χ4n) is 2.01. The number of benzene rings is 2. The monoisotopic (exact) mass is 291 g/mol. The van der Waals surface area contributed by atoms with E-state index in [1.165, 1.54) is 6.07 Å². The third-order valence-corrected chi connectivity index (χ3v) is 4.02. The summed E-state index contributed by atoms with van der Waals surface area (Å²) >= 11 is 0. The molecule has 0 atom stereocenters. The van der Waals surface area contributed by atoms with Crippen LogP contribution in [-0.4, -0.2) is 15.5 Å². The third-order valence-electron chi connectivity index (χ3n) is 3.07. The second-order valence-electron chi connectivity index (χ2n) is 4.45. The van der Waals surface area contributed by atoms with Gasteiger partial charge in [-0.3, -0.25) is 0 Å². The molecule has 20 heavy (non-hydrogen) atoms. The Morgan fingerprint density at radius 1 is 1.10 bits per heavy atom. The van der Waals surface area contributed by atoms with Crippen molar-refractivity contribution in [3.63, 3.8) is 0 Å². The van der Waals surface area contributed by atoms with Gasteiger partial charge in [0.2, 0.25) is 10.0 Å². The van der Waals surface area contributed by atoms with Crippen LogP contribution < -0.4 is 15.8 Å². The molecule has 2 rings (SSSR count). The average molecular weight is 291 g/mol. The van der Waals surface area contributed by atoms with Crippen molar-refractivity contribution in [3.8, 4) is 0 Å². The van der Waals surface area contributed by atoms with E-state index >= 15 is 0 Å². The molecule has 6 heteroatoms. The zero-order valence-electron chi connectivity index (χ0n) is 11.2. The first-order valence-electron chi connectivity index (χ1n) is 6.08. The molecule has 0 unspecified atom stereocenters. The molecule has 2 aromatic carbocycles. The minimum absolute atomic E-state index is 0.0978. The highest BCUT2D eigenvalue weighted by Crippen LogP contribution is 2.29. The lowest BCUT2D eigenvalue weighted by molar-refractivity contribution is 0.598. The van der Waals surface area contributed by atoms with Crippen molar-refractivity contribution in [1.29, 1.82) is 0 Å². The number of primary sulfonamides is 1. The average Bonchev–Trinajstić information content (AvgIpc) is 2.45. The van der Waals surface area contributed by atoms with Gasteiger partial charge in [-0.2, -0.15) is 0 Å². The molecule has 0 aliphatic carbocycles. The van der Waals surface area contributed by atoms with Crippen LogP contribution in [0.3, 0.4) is 0 Å². The van der Waals surface area contributed by atoms with Crippen LogP contribution in [0.1, 0.15) is 5.56 Å². The second kappa shape index (κ2) is 5.62. The Morgan fingerprint density at radius 2 is 1.80 bits per heavy atom. The topological polar surface area (TPSA) is 89.4 Å². The molecule has 5 nitrogen and oxygen atoms in total. The number of rotatable bonds is 4. The fraction of sp³-hybridized carbons (Fsp3) is 0.143. The zero-order chi connectivity index (χ0) is 14.8. The van der Waals surface area contributed by atoms with Gasteiger partial charge in [-0.25, -0.2) is 13.6 Å². The Bertz CT molecular complexity index is 714. The summed E-state index contributed by atoms with van der Waals surface area (Å²) in [6.07, 6.45) is 0. The summed E-state index contributed by atoms with van der Waals surface area (Å²) in [5.41, 5.74) is 7.98. The van der Waals surface area contributed by atoms with Crippen molar-refractivity contribution in [3.05, 3.63) is 54.1 Å². The molecule has 0 aliphatic rings. The van der Waals surface area contributed by atoms with E-state index in [2.05, 4.69) is 0 Å². The molecule has 0 spiro atoms. The lowest BCUT2D eigenvalue weighted by Gasteiger charge is -2.22. The molecule has 0 radical (unpaired) electrons. The van der Waals surface area contributed by atoms with Crippen LogP contribution in [0.15, 0.2) is 53.4 Å². The predicted octanol–water partition coefficient (Wildman–Crippen LogP) is 1.56. The largest absolute Gasteiger partial charge is 0.344 e. The predicted molar refractivity (Wildman–Crippen MR) is 80.2 cm³/mol.